The number of hydrogen-bond donors (Lipinski definition) is 1. The molecular formula is C20H14ClI2N3O2. The average molecular weight is 618 g/mol. The van der Waals surface area contributed by atoms with Crippen molar-refractivity contribution < 1.29 is 9.53 Å². The van der Waals surface area contributed by atoms with Crippen LogP contribution in [-0.4, -0.2) is 17.1 Å². The van der Waals surface area contributed by atoms with E-state index in [-0.39, 0.29) is 5.91 Å². The summed E-state index contributed by atoms with van der Waals surface area (Å²) in [6, 6.07) is 14.8. The zero-order valence-electron chi connectivity index (χ0n) is 14.4. The normalized spacial score (nSPS) is 10.8. The second kappa shape index (κ2) is 10.2. The molecule has 3 rings (SSSR count). The van der Waals surface area contributed by atoms with Crippen LogP contribution in [0.15, 0.2) is 66.0 Å². The number of ether oxygens (including phenoxy) is 1. The van der Waals surface area contributed by atoms with Gasteiger partial charge in [-0.3, -0.25) is 9.78 Å². The van der Waals surface area contributed by atoms with Gasteiger partial charge in [0.1, 0.15) is 12.4 Å². The van der Waals surface area contributed by atoms with Gasteiger partial charge < -0.3 is 4.74 Å². The van der Waals surface area contributed by atoms with Crippen molar-refractivity contribution in [2.75, 3.05) is 0 Å². The molecule has 0 aliphatic carbocycles. The van der Waals surface area contributed by atoms with Crippen molar-refractivity contribution in [1.29, 1.82) is 0 Å². The predicted molar refractivity (Wildman–Crippen MR) is 127 cm³/mol. The van der Waals surface area contributed by atoms with Gasteiger partial charge in [-0.25, -0.2) is 5.43 Å². The number of benzene rings is 2. The molecule has 5 nitrogen and oxygen atoms in total. The first-order valence-electron chi connectivity index (χ1n) is 8.13. The molecule has 0 aliphatic heterocycles. The van der Waals surface area contributed by atoms with Crippen LogP contribution in [-0.2, 0) is 6.61 Å². The highest BCUT2D eigenvalue weighted by Gasteiger charge is 2.10. The molecule has 8 heteroatoms. The molecule has 142 valence electrons. The van der Waals surface area contributed by atoms with Crippen molar-refractivity contribution in [1.82, 2.24) is 10.4 Å². The number of carbonyl (C=O) groups excluding carboxylic acids is 1. The van der Waals surface area contributed by atoms with Gasteiger partial charge >= 0.3 is 0 Å². The molecule has 0 aliphatic rings. The molecule has 0 saturated carbocycles. The maximum Gasteiger partial charge on any atom is 0.272 e. The van der Waals surface area contributed by atoms with E-state index in [1.807, 2.05) is 36.4 Å². The fraction of sp³-hybridized carbons (Fsp3) is 0.0500. The third-order valence-corrected chi connectivity index (χ3v) is 5.63. The van der Waals surface area contributed by atoms with Crippen LogP contribution in [0.2, 0.25) is 5.02 Å². The molecular weight excluding hydrogens is 603 g/mol. The van der Waals surface area contributed by atoms with Crippen LogP contribution in [0.4, 0.5) is 0 Å². The third kappa shape index (κ3) is 5.65. The Morgan fingerprint density at radius 3 is 2.61 bits per heavy atom. The van der Waals surface area contributed by atoms with Crippen molar-refractivity contribution in [3.8, 4) is 5.75 Å². The van der Waals surface area contributed by atoms with Crippen LogP contribution in [0.3, 0.4) is 0 Å². The Bertz CT molecular complexity index is 990. The van der Waals surface area contributed by atoms with Gasteiger partial charge in [0.25, 0.3) is 5.91 Å². The summed E-state index contributed by atoms with van der Waals surface area (Å²) in [5, 5.41) is 4.70. The maximum atomic E-state index is 12.0. The molecule has 0 atom stereocenters. The Morgan fingerprint density at radius 2 is 1.93 bits per heavy atom. The van der Waals surface area contributed by atoms with Crippen molar-refractivity contribution >= 4 is 68.9 Å². The molecule has 0 fully saturated rings. The molecule has 0 saturated heterocycles. The van der Waals surface area contributed by atoms with Gasteiger partial charge in [-0.15, -0.1) is 0 Å². The smallest absolute Gasteiger partial charge is 0.272 e. The minimum Gasteiger partial charge on any atom is -0.487 e. The highest BCUT2D eigenvalue weighted by molar-refractivity contribution is 14.1. The van der Waals surface area contributed by atoms with E-state index in [9.17, 15) is 4.79 Å². The summed E-state index contributed by atoms with van der Waals surface area (Å²) < 4.78 is 7.85. The number of hydrogen-bond acceptors (Lipinski definition) is 4. The Balaban J connectivity index is 1.66. The van der Waals surface area contributed by atoms with Gasteiger partial charge in [0, 0.05) is 23.0 Å². The fourth-order valence-corrected chi connectivity index (χ4v) is 4.60. The van der Waals surface area contributed by atoms with Crippen LogP contribution >= 0.6 is 56.8 Å². The van der Waals surface area contributed by atoms with Crippen molar-refractivity contribution in [3.63, 3.8) is 0 Å². The first-order valence-corrected chi connectivity index (χ1v) is 10.7. The minimum absolute atomic E-state index is 0.312. The van der Waals surface area contributed by atoms with Crippen LogP contribution in [0.25, 0.3) is 0 Å². The van der Waals surface area contributed by atoms with Gasteiger partial charge in [0.2, 0.25) is 0 Å². The van der Waals surface area contributed by atoms with E-state index in [1.54, 1.807) is 24.5 Å². The lowest BCUT2D eigenvalue weighted by atomic mass is 10.2. The Hall–Kier alpha value is -1.72. The molecule has 0 unspecified atom stereocenters. The van der Waals surface area contributed by atoms with Gasteiger partial charge in [0.15, 0.2) is 0 Å². The number of nitrogens with zero attached hydrogens (tertiary/aromatic N) is 2. The zero-order valence-corrected chi connectivity index (χ0v) is 19.5. The van der Waals surface area contributed by atoms with E-state index < -0.39 is 0 Å². The van der Waals surface area contributed by atoms with E-state index in [2.05, 4.69) is 60.7 Å². The standard InChI is InChI=1S/C20H14ClI2N3O2/c21-16-6-2-1-4-15(16)12-28-19-17(22)8-13(9-18(19)23)10-25-26-20(27)14-5-3-7-24-11-14/h1-11H,12H2,(H,26,27)/b25-10-. The lowest BCUT2D eigenvalue weighted by Crippen LogP contribution is -2.17. The number of amides is 1. The second-order valence-corrected chi connectivity index (χ2v) is 8.37. The van der Waals surface area contributed by atoms with E-state index in [0.717, 1.165) is 24.0 Å². The minimum atomic E-state index is -0.312. The van der Waals surface area contributed by atoms with E-state index in [1.165, 1.54) is 6.20 Å². The largest absolute Gasteiger partial charge is 0.487 e. The molecule has 3 aromatic rings. The molecule has 0 bridgehead atoms. The molecule has 1 N–H and O–H groups in total. The Kier molecular flexibility index (Phi) is 7.63. The second-order valence-electron chi connectivity index (χ2n) is 5.63. The van der Waals surface area contributed by atoms with Crippen molar-refractivity contribution in [2.45, 2.75) is 6.61 Å². The van der Waals surface area contributed by atoms with E-state index in [4.69, 9.17) is 16.3 Å². The SMILES string of the molecule is O=C(N/N=C\c1cc(I)c(OCc2ccccc2Cl)c(I)c1)c1cccnc1. The number of rotatable bonds is 6. The lowest BCUT2D eigenvalue weighted by molar-refractivity contribution is 0.0955. The summed E-state index contributed by atoms with van der Waals surface area (Å²) in [7, 11) is 0. The van der Waals surface area contributed by atoms with E-state index >= 15 is 0 Å². The number of nitrogens with one attached hydrogen (secondary N) is 1. The highest BCUT2D eigenvalue weighted by atomic mass is 127. The molecule has 1 amide bonds. The molecule has 2 aromatic carbocycles. The van der Waals surface area contributed by atoms with Gasteiger partial charge in [-0.05, 0) is 81.1 Å². The number of hydrazone groups is 1. The quantitative estimate of drug-likeness (QED) is 0.233. The van der Waals surface area contributed by atoms with E-state index in [0.29, 0.717) is 17.2 Å². The Morgan fingerprint density at radius 1 is 1.18 bits per heavy atom. The Labute approximate surface area is 194 Å². The lowest BCUT2D eigenvalue weighted by Gasteiger charge is -2.12. The summed E-state index contributed by atoms with van der Waals surface area (Å²) in [5.41, 5.74) is 4.73. The summed E-state index contributed by atoms with van der Waals surface area (Å²) in [6.07, 6.45) is 4.69. The van der Waals surface area contributed by atoms with Gasteiger partial charge in [-0.1, -0.05) is 29.8 Å². The number of pyridine rings is 1. The van der Waals surface area contributed by atoms with Crippen molar-refractivity contribution in [3.05, 3.63) is 89.8 Å². The molecule has 1 heterocycles. The van der Waals surface area contributed by atoms with Gasteiger partial charge in [-0.2, -0.15) is 5.10 Å². The number of carbonyl (C=O) groups is 1. The monoisotopic (exact) mass is 617 g/mol. The van der Waals surface area contributed by atoms with Crippen molar-refractivity contribution in [2.24, 2.45) is 5.10 Å². The zero-order chi connectivity index (χ0) is 19.9. The number of aromatic nitrogens is 1. The summed E-state index contributed by atoms with van der Waals surface area (Å²) in [5.74, 6) is 0.478. The molecule has 28 heavy (non-hydrogen) atoms. The first kappa shape index (κ1) is 21.0. The van der Waals surface area contributed by atoms with Crippen LogP contribution < -0.4 is 10.2 Å². The predicted octanol–water partition coefficient (Wildman–Crippen LogP) is 5.29. The van der Waals surface area contributed by atoms with Crippen LogP contribution in [0.1, 0.15) is 21.5 Å². The molecule has 0 radical (unpaired) electrons. The summed E-state index contributed by atoms with van der Waals surface area (Å²) in [4.78, 5) is 15.9. The maximum absolute atomic E-state index is 12.0. The molecule has 1 aromatic heterocycles. The third-order valence-electron chi connectivity index (χ3n) is 3.65. The first-order chi connectivity index (χ1) is 13.5. The highest BCUT2D eigenvalue weighted by Crippen LogP contribution is 2.30. The topological polar surface area (TPSA) is 63.6 Å². The van der Waals surface area contributed by atoms with Crippen LogP contribution in [0.5, 0.6) is 5.75 Å². The van der Waals surface area contributed by atoms with Crippen LogP contribution in [0, 0.1) is 7.14 Å². The summed E-state index contributed by atoms with van der Waals surface area (Å²) in [6.45, 7) is 0.389. The fourth-order valence-electron chi connectivity index (χ4n) is 2.28. The molecule has 0 spiro atoms. The average Bonchev–Trinajstić information content (AvgIpc) is 2.69. The number of halogens is 3. The summed E-state index contributed by atoms with van der Waals surface area (Å²) >= 11 is 10.6. The van der Waals surface area contributed by atoms with Gasteiger partial charge in [0.05, 0.1) is 18.9 Å².